The number of ether oxygens (including phenoxy) is 1. The molecule has 2 unspecified atom stereocenters. The third-order valence-corrected chi connectivity index (χ3v) is 4.29. The Labute approximate surface area is 124 Å². The number of nitro benzene ring substituents is 1. The van der Waals surface area contributed by atoms with Crippen molar-refractivity contribution in [3.63, 3.8) is 0 Å². The van der Waals surface area contributed by atoms with Crippen molar-refractivity contribution in [3.8, 4) is 0 Å². The molecule has 0 aromatic heterocycles. The number of nitrogens with two attached hydrogens (primary N) is 1. The Balaban J connectivity index is 2.09. The van der Waals surface area contributed by atoms with Crippen molar-refractivity contribution in [2.45, 2.75) is 51.7 Å². The van der Waals surface area contributed by atoms with Gasteiger partial charge in [-0.1, -0.05) is 38.3 Å². The number of hydrazine groups is 1. The average molecular weight is 293 g/mol. The van der Waals surface area contributed by atoms with Crippen LogP contribution in [0.25, 0.3) is 0 Å². The number of para-hydroxylation sites is 1. The second-order valence-electron chi connectivity index (χ2n) is 5.51. The molecule has 1 saturated carbocycles. The largest absolute Gasteiger partial charge is 0.373 e. The summed E-state index contributed by atoms with van der Waals surface area (Å²) in [6, 6.07) is 4.91. The normalized spacial score (nSPS) is 22.0. The highest BCUT2D eigenvalue weighted by atomic mass is 16.6. The molecule has 0 saturated heterocycles. The Morgan fingerprint density at radius 3 is 2.86 bits per heavy atom. The number of hydrogen-bond acceptors (Lipinski definition) is 5. The zero-order valence-corrected chi connectivity index (χ0v) is 12.4. The van der Waals surface area contributed by atoms with E-state index >= 15 is 0 Å². The van der Waals surface area contributed by atoms with E-state index in [1.807, 2.05) is 6.07 Å². The van der Waals surface area contributed by atoms with Crippen LogP contribution in [-0.2, 0) is 11.3 Å². The van der Waals surface area contributed by atoms with Crippen molar-refractivity contribution in [2.24, 2.45) is 11.8 Å². The van der Waals surface area contributed by atoms with Crippen LogP contribution >= 0.6 is 0 Å². The van der Waals surface area contributed by atoms with Gasteiger partial charge in [0.2, 0.25) is 0 Å². The maximum absolute atomic E-state index is 11.0. The van der Waals surface area contributed by atoms with Crippen LogP contribution in [0.3, 0.4) is 0 Å². The number of anilines is 1. The average Bonchev–Trinajstić information content (AvgIpc) is 2.52. The van der Waals surface area contributed by atoms with Gasteiger partial charge in [0.1, 0.15) is 5.69 Å². The molecule has 2 rings (SSSR count). The lowest BCUT2D eigenvalue weighted by atomic mass is 9.85. The summed E-state index contributed by atoms with van der Waals surface area (Å²) in [4.78, 5) is 10.6. The van der Waals surface area contributed by atoms with Crippen LogP contribution < -0.4 is 11.3 Å². The van der Waals surface area contributed by atoms with Crippen LogP contribution in [0.4, 0.5) is 11.4 Å². The van der Waals surface area contributed by atoms with E-state index in [2.05, 4.69) is 12.3 Å². The highest BCUT2D eigenvalue weighted by Gasteiger charge is 2.25. The molecule has 1 aliphatic carbocycles. The van der Waals surface area contributed by atoms with E-state index in [0.717, 1.165) is 18.4 Å². The quantitative estimate of drug-likeness (QED) is 0.477. The van der Waals surface area contributed by atoms with E-state index in [1.54, 1.807) is 6.07 Å². The van der Waals surface area contributed by atoms with E-state index in [1.165, 1.54) is 25.3 Å². The van der Waals surface area contributed by atoms with Crippen LogP contribution in [0.15, 0.2) is 18.2 Å². The molecule has 1 aliphatic rings. The van der Waals surface area contributed by atoms with Crippen molar-refractivity contribution >= 4 is 11.4 Å². The molecular weight excluding hydrogens is 270 g/mol. The predicted molar refractivity (Wildman–Crippen MR) is 81.7 cm³/mol. The summed E-state index contributed by atoms with van der Waals surface area (Å²) in [7, 11) is 0. The minimum absolute atomic E-state index is 0.0192. The summed E-state index contributed by atoms with van der Waals surface area (Å²) in [6.45, 7) is 2.54. The number of hydrogen-bond donors (Lipinski definition) is 2. The first-order valence-electron chi connectivity index (χ1n) is 7.51. The van der Waals surface area contributed by atoms with Crippen LogP contribution in [-0.4, -0.2) is 11.0 Å². The SMILES string of the molecule is CCC1CCCCC1OCc1cccc([N+](=O)[O-])c1NN. The molecule has 6 nitrogen and oxygen atoms in total. The summed E-state index contributed by atoms with van der Waals surface area (Å²) in [5.74, 6) is 6.03. The van der Waals surface area contributed by atoms with E-state index in [-0.39, 0.29) is 11.8 Å². The first kappa shape index (κ1) is 15.7. The fourth-order valence-corrected chi connectivity index (χ4v) is 3.08. The van der Waals surface area contributed by atoms with E-state index in [4.69, 9.17) is 10.6 Å². The molecule has 0 amide bonds. The van der Waals surface area contributed by atoms with Gasteiger partial charge in [0.25, 0.3) is 5.69 Å². The lowest BCUT2D eigenvalue weighted by Crippen LogP contribution is -2.27. The molecule has 0 spiro atoms. The number of nitro groups is 1. The van der Waals surface area contributed by atoms with Gasteiger partial charge in [0.15, 0.2) is 0 Å². The van der Waals surface area contributed by atoms with Gasteiger partial charge in [-0.05, 0) is 18.8 Å². The number of rotatable bonds is 6. The van der Waals surface area contributed by atoms with Gasteiger partial charge in [0.05, 0.1) is 17.6 Å². The van der Waals surface area contributed by atoms with Gasteiger partial charge in [0, 0.05) is 11.6 Å². The van der Waals surface area contributed by atoms with Crippen molar-refractivity contribution in [1.82, 2.24) is 0 Å². The molecule has 1 aromatic carbocycles. The molecule has 116 valence electrons. The second-order valence-corrected chi connectivity index (χ2v) is 5.51. The fourth-order valence-electron chi connectivity index (χ4n) is 3.08. The highest BCUT2D eigenvalue weighted by Crippen LogP contribution is 2.32. The van der Waals surface area contributed by atoms with Crippen LogP contribution in [0, 0.1) is 16.0 Å². The zero-order chi connectivity index (χ0) is 15.2. The third kappa shape index (κ3) is 3.71. The van der Waals surface area contributed by atoms with Gasteiger partial charge in [-0.2, -0.15) is 0 Å². The molecule has 0 aliphatic heterocycles. The molecule has 0 bridgehead atoms. The van der Waals surface area contributed by atoms with Crippen LogP contribution in [0.5, 0.6) is 0 Å². The monoisotopic (exact) mass is 293 g/mol. The second kappa shape index (κ2) is 7.38. The molecule has 2 atom stereocenters. The predicted octanol–water partition coefficient (Wildman–Crippen LogP) is 3.37. The van der Waals surface area contributed by atoms with Gasteiger partial charge in [-0.15, -0.1) is 0 Å². The Morgan fingerprint density at radius 2 is 2.19 bits per heavy atom. The topological polar surface area (TPSA) is 90.4 Å². The van der Waals surface area contributed by atoms with E-state index < -0.39 is 4.92 Å². The number of nitrogen functional groups attached to an aromatic ring is 1. The summed E-state index contributed by atoms with van der Waals surface area (Å²) in [5.41, 5.74) is 3.49. The standard InChI is InChI=1S/C15H23N3O3/c1-2-11-6-3-4-9-14(11)21-10-12-7-5-8-13(18(19)20)15(12)17-16/h5,7-8,11,14,17H,2-4,6,9-10,16H2,1H3. The molecular formula is C15H23N3O3. The smallest absolute Gasteiger partial charge is 0.294 e. The number of nitrogens with one attached hydrogen (secondary N) is 1. The van der Waals surface area contributed by atoms with Crippen LogP contribution in [0.2, 0.25) is 0 Å². The molecule has 1 fully saturated rings. The summed E-state index contributed by atoms with van der Waals surface area (Å²) < 4.78 is 6.03. The molecule has 6 heteroatoms. The van der Waals surface area contributed by atoms with Gasteiger partial charge >= 0.3 is 0 Å². The van der Waals surface area contributed by atoms with Crippen molar-refractivity contribution in [2.75, 3.05) is 5.43 Å². The Morgan fingerprint density at radius 1 is 1.43 bits per heavy atom. The van der Waals surface area contributed by atoms with E-state index in [0.29, 0.717) is 18.2 Å². The fraction of sp³-hybridized carbons (Fsp3) is 0.600. The zero-order valence-electron chi connectivity index (χ0n) is 12.4. The molecule has 0 radical (unpaired) electrons. The lowest BCUT2D eigenvalue weighted by Gasteiger charge is -2.31. The molecule has 3 N–H and O–H groups in total. The molecule has 21 heavy (non-hydrogen) atoms. The summed E-state index contributed by atoms with van der Waals surface area (Å²) >= 11 is 0. The third-order valence-electron chi connectivity index (χ3n) is 4.29. The number of nitrogens with zero attached hydrogens (tertiary/aromatic N) is 1. The minimum Gasteiger partial charge on any atom is -0.373 e. The van der Waals surface area contributed by atoms with Crippen LogP contribution in [0.1, 0.15) is 44.6 Å². The van der Waals surface area contributed by atoms with Crippen molar-refractivity contribution in [3.05, 3.63) is 33.9 Å². The molecule has 1 aromatic rings. The van der Waals surface area contributed by atoms with Gasteiger partial charge in [-0.25, -0.2) is 0 Å². The molecule has 0 heterocycles. The number of benzene rings is 1. The summed E-state index contributed by atoms with van der Waals surface area (Å²) in [5, 5.41) is 11.0. The Hall–Kier alpha value is -1.66. The van der Waals surface area contributed by atoms with Crippen molar-refractivity contribution in [1.29, 1.82) is 0 Å². The van der Waals surface area contributed by atoms with E-state index in [9.17, 15) is 10.1 Å². The first-order valence-corrected chi connectivity index (χ1v) is 7.51. The summed E-state index contributed by atoms with van der Waals surface area (Å²) in [6.07, 6.45) is 6.09. The first-order chi connectivity index (χ1) is 10.2. The van der Waals surface area contributed by atoms with Gasteiger partial charge < -0.3 is 10.2 Å². The Kier molecular flexibility index (Phi) is 5.52. The maximum Gasteiger partial charge on any atom is 0.294 e. The Bertz CT molecular complexity index is 493. The minimum atomic E-state index is -0.436. The van der Waals surface area contributed by atoms with Crippen molar-refractivity contribution < 1.29 is 9.66 Å². The maximum atomic E-state index is 11.0. The lowest BCUT2D eigenvalue weighted by molar-refractivity contribution is -0.384. The highest BCUT2D eigenvalue weighted by molar-refractivity contribution is 5.65. The van der Waals surface area contributed by atoms with Gasteiger partial charge in [-0.3, -0.25) is 16.0 Å².